The van der Waals surface area contributed by atoms with Crippen LogP contribution in [-0.4, -0.2) is 19.2 Å². The summed E-state index contributed by atoms with van der Waals surface area (Å²) in [5.41, 5.74) is 7.41. The van der Waals surface area contributed by atoms with Gasteiger partial charge in [0.15, 0.2) is 11.5 Å². The van der Waals surface area contributed by atoms with Crippen LogP contribution >= 0.6 is 0 Å². The molecular formula is C18H20N2O3. The number of hydrogen-bond acceptors (Lipinski definition) is 4. The normalized spacial score (nSPS) is 12.2. The smallest absolute Gasteiger partial charge is 0.231 e. The van der Waals surface area contributed by atoms with Gasteiger partial charge >= 0.3 is 0 Å². The zero-order valence-corrected chi connectivity index (χ0v) is 12.9. The van der Waals surface area contributed by atoms with Crippen molar-refractivity contribution in [2.24, 2.45) is 5.73 Å². The largest absolute Gasteiger partial charge is 0.454 e. The molecule has 1 aliphatic rings. The summed E-state index contributed by atoms with van der Waals surface area (Å²) in [6, 6.07) is 15.4. The zero-order valence-electron chi connectivity index (χ0n) is 12.9. The van der Waals surface area contributed by atoms with Gasteiger partial charge in [-0.05, 0) is 42.8 Å². The maximum Gasteiger partial charge on any atom is 0.231 e. The van der Waals surface area contributed by atoms with Crippen molar-refractivity contribution < 1.29 is 14.3 Å². The number of nitrogens with two attached hydrogens (primary N) is 1. The Kier molecular flexibility index (Phi) is 4.78. The molecule has 120 valence electrons. The maximum atomic E-state index is 12.6. The second-order valence-corrected chi connectivity index (χ2v) is 5.40. The maximum absolute atomic E-state index is 12.6. The van der Waals surface area contributed by atoms with E-state index in [1.54, 1.807) is 4.90 Å². The first-order chi connectivity index (χ1) is 11.3. The summed E-state index contributed by atoms with van der Waals surface area (Å²) in [6.07, 6.45) is 1.12. The van der Waals surface area contributed by atoms with Gasteiger partial charge in [-0.15, -0.1) is 0 Å². The number of amides is 1. The van der Waals surface area contributed by atoms with E-state index in [1.165, 1.54) is 0 Å². The zero-order chi connectivity index (χ0) is 16.1. The van der Waals surface area contributed by atoms with Crippen molar-refractivity contribution in [3.63, 3.8) is 0 Å². The summed E-state index contributed by atoms with van der Waals surface area (Å²) in [5.74, 6) is 1.54. The number of para-hydroxylation sites is 1. The first-order valence-electron chi connectivity index (χ1n) is 7.72. The molecule has 2 aromatic rings. The second kappa shape index (κ2) is 7.15. The lowest BCUT2D eigenvalue weighted by Gasteiger charge is -2.23. The van der Waals surface area contributed by atoms with Crippen LogP contribution in [0.15, 0.2) is 48.5 Å². The number of ether oxygens (including phenoxy) is 2. The summed E-state index contributed by atoms with van der Waals surface area (Å²) in [5, 5.41) is 0. The van der Waals surface area contributed by atoms with Crippen molar-refractivity contribution in [3.8, 4) is 11.5 Å². The summed E-state index contributed by atoms with van der Waals surface area (Å²) >= 11 is 0. The van der Waals surface area contributed by atoms with Crippen LogP contribution in [0.4, 0.5) is 5.69 Å². The molecule has 3 rings (SSSR count). The molecule has 0 radical (unpaired) electrons. The molecule has 0 bridgehead atoms. The van der Waals surface area contributed by atoms with Crippen molar-refractivity contribution in [1.82, 2.24) is 0 Å². The van der Waals surface area contributed by atoms with Crippen molar-refractivity contribution in [2.45, 2.75) is 19.4 Å². The lowest BCUT2D eigenvalue weighted by Crippen LogP contribution is -2.30. The van der Waals surface area contributed by atoms with Gasteiger partial charge in [-0.1, -0.05) is 24.3 Å². The van der Waals surface area contributed by atoms with Crippen molar-refractivity contribution in [2.75, 3.05) is 18.2 Å². The summed E-state index contributed by atoms with van der Waals surface area (Å²) in [6.45, 7) is 1.25. The molecule has 0 saturated carbocycles. The fraction of sp³-hybridized carbons (Fsp3) is 0.278. The molecule has 1 amide bonds. The molecule has 0 aliphatic carbocycles. The van der Waals surface area contributed by atoms with Gasteiger partial charge in [0.1, 0.15) is 0 Å². The Morgan fingerprint density at radius 2 is 1.87 bits per heavy atom. The van der Waals surface area contributed by atoms with Gasteiger partial charge in [0.2, 0.25) is 12.7 Å². The fourth-order valence-electron chi connectivity index (χ4n) is 2.54. The van der Waals surface area contributed by atoms with Crippen LogP contribution < -0.4 is 20.1 Å². The molecule has 0 spiro atoms. The minimum Gasteiger partial charge on any atom is -0.454 e. The Balaban J connectivity index is 1.82. The number of hydrogen-bond donors (Lipinski definition) is 1. The molecule has 0 atom stereocenters. The SMILES string of the molecule is NCCCC(=O)N(Cc1ccc2c(c1)OCO2)c1ccccc1. The quantitative estimate of drug-likeness (QED) is 0.890. The lowest BCUT2D eigenvalue weighted by molar-refractivity contribution is -0.118. The molecule has 23 heavy (non-hydrogen) atoms. The molecular weight excluding hydrogens is 292 g/mol. The Morgan fingerprint density at radius 1 is 1.09 bits per heavy atom. The van der Waals surface area contributed by atoms with Crippen LogP contribution in [0.25, 0.3) is 0 Å². The van der Waals surface area contributed by atoms with Crippen molar-refractivity contribution in [1.29, 1.82) is 0 Å². The van der Waals surface area contributed by atoms with E-state index < -0.39 is 0 Å². The number of fused-ring (bicyclic) bond motifs is 1. The van der Waals surface area contributed by atoms with Crippen LogP contribution in [0.2, 0.25) is 0 Å². The summed E-state index contributed by atoms with van der Waals surface area (Å²) in [4.78, 5) is 14.3. The highest BCUT2D eigenvalue weighted by Crippen LogP contribution is 2.33. The van der Waals surface area contributed by atoms with E-state index >= 15 is 0 Å². The van der Waals surface area contributed by atoms with Gasteiger partial charge in [0.25, 0.3) is 0 Å². The fourth-order valence-corrected chi connectivity index (χ4v) is 2.54. The molecule has 0 aromatic heterocycles. The van der Waals surface area contributed by atoms with Gasteiger partial charge in [-0.2, -0.15) is 0 Å². The Labute approximate surface area is 135 Å². The van der Waals surface area contributed by atoms with E-state index in [-0.39, 0.29) is 12.7 Å². The average molecular weight is 312 g/mol. The van der Waals surface area contributed by atoms with Crippen molar-refractivity contribution >= 4 is 11.6 Å². The molecule has 0 fully saturated rings. The van der Waals surface area contributed by atoms with E-state index in [0.717, 1.165) is 22.7 Å². The number of benzene rings is 2. The predicted molar refractivity (Wildman–Crippen MR) is 88.5 cm³/mol. The van der Waals surface area contributed by atoms with E-state index in [0.29, 0.717) is 25.9 Å². The van der Waals surface area contributed by atoms with Gasteiger partial charge < -0.3 is 20.1 Å². The van der Waals surface area contributed by atoms with Gasteiger partial charge in [0, 0.05) is 12.1 Å². The first-order valence-corrected chi connectivity index (χ1v) is 7.72. The van der Waals surface area contributed by atoms with E-state index in [4.69, 9.17) is 15.2 Å². The minimum atomic E-state index is 0.0688. The Hall–Kier alpha value is -2.53. The first kappa shape index (κ1) is 15.4. The summed E-state index contributed by atoms with van der Waals surface area (Å²) in [7, 11) is 0. The van der Waals surface area contributed by atoms with E-state index in [2.05, 4.69) is 0 Å². The molecule has 0 saturated heterocycles. The monoisotopic (exact) mass is 312 g/mol. The highest BCUT2D eigenvalue weighted by atomic mass is 16.7. The minimum absolute atomic E-state index is 0.0688. The van der Waals surface area contributed by atoms with Gasteiger partial charge in [0.05, 0.1) is 6.54 Å². The van der Waals surface area contributed by atoms with Crippen molar-refractivity contribution in [3.05, 3.63) is 54.1 Å². The third kappa shape index (κ3) is 3.63. The molecule has 5 heteroatoms. The third-order valence-electron chi connectivity index (χ3n) is 3.74. The Morgan fingerprint density at radius 3 is 2.65 bits per heavy atom. The third-order valence-corrected chi connectivity index (χ3v) is 3.74. The highest BCUT2D eigenvalue weighted by molar-refractivity contribution is 5.93. The number of nitrogens with zero attached hydrogens (tertiary/aromatic N) is 1. The van der Waals surface area contributed by atoms with Crippen LogP contribution in [-0.2, 0) is 11.3 Å². The van der Waals surface area contributed by atoms with E-state index in [1.807, 2.05) is 48.5 Å². The highest BCUT2D eigenvalue weighted by Gasteiger charge is 2.18. The number of carbonyl (C=O) groups excluding carboxylic acids is 1. The average Bonchev–Trinajstić information content (AvgIpc) is 3.06. The number of anilines is 1. The van der Waals surface area contributed by atoms with Gasteiger partial charge in [-0.25, -0.2) is 0 Å². The van der Waals surface area contributed by atoms with Gasteiger partial charge in [-0.3, -0.25) is 4.79 Å². The molecule has 0 unspecified atom stereocenters. The molecule has 5 nitrogen and oxygen atoms in total. The second-order valence-electron chi connectivity index (χ2n) is 5.40. The van der Waals surface area contributed by atoms with Crippen LogP contribution in [0.3, 0.4) is 0 Å². The molecule has 2 aromatic carbocycles. The topological polar surface area (TPSA) is 64.8 Å². The predicted octanol–water partition coefficient (Wildman–Crippen LogP) is 2.69. The number of carbonyl (C=O) groups is 1. The standard InChI is InChI=1S/C18H20N2O3/c19-10-4-7-18(21)20(15-5-2-1-3-6-15)12-14-8-9-16-17(11-14)23-13-22-16/h1-3,5-6,8-9,11H,4,7,10,12-13,19H2. The van der Waals surface area contributed by atoms with Crippen LogP contribution in [0, 0.1) is 0 Å². The number of rotatable bonds is 6. The lowest BCUT2D eigenvalue weighted by atomic mass is 10.1. The Bertz CT molecular complexity index is 673. The van der Waals surface area contributed by atoms with Crippen LogP contribution in [0.5, 0.6) is 11.5 Å². The van der Waals surface area contributed by atoms with E-state index in [9.17, 15) is 4.79 Å². The molecule has 1 aliphatic heterocycles. The van der Waals surface area contributed by atoms with Crippen LogP contribution in [0.1, 0.15) is 18.4 Å². The summed E-state index contributed by atoms with van der Waals surface area (Å²) < 4.78 is 10.7. The molecule has 2 N–H and O–H groups in total. The molecule has 1 heterocycles.